The molecule has 2 rings (SSSR count). The third-order valence-electron chi connectivity index (χ3n) is 2.68. The van der Waals surface area contributed by atoms with Crippen molar-refractivity contribution in [1.29, 1.82) is 0 Å². The van der Waals surface area contributed by atoms with Crippen LogP contribution < -0.4 is 5.32 Å². The molecule has 1 aliphatic carbocycles. The number of allylic oxidation sites excluding steroid dienone is 3. The number of rotatable bonds is 1. The quantitative estimate of drug-likeness (QED) is 0.658. The van der Waals surface area contributed by atoms with E-state index in [1.165, 1.54) is 0 Å². The number of ether oxygens (including phenoxy) is 1. The molecule has 0 radical (unpaired) electrons. The molecule has 72 valence electrons. The van der Waals surface area contributed by atoms with Crippen LogP contribution in [0, 0.1) is 5.92 Å². The Bertz CT molecular complexity index is 222. The van der Waals surface area contributed by atoms with Crippen molar-refractivity contribution < 1.29 is 4.74 Å². The van der Waals surface area contributed by atoms with Gasteiger partial charge in [0.05, 0.1) is 12.2 Å². The topological polar surface area (TPSA) is 21.3 Å². The van der Waals surface area contributed by atoms with Gasteiger partial charge in [-0.15, -0.1) is 0 Å². The van der Waals surface area contributed by atoms with Crippen molar-refractivity contribution in [3.63, 3.8) is 0 Å². The molecule has 0 amide bonds. The first kappa shape index (κ1) is 8.97. The van der Waals surface area contributed by atoms with Gasteiger partial charge in [-0.25, -0.2) is 0 Å². The van der Waals surface area contributed by atoms with Crippen LogP contribution in [0.5, 0.6) is 0 Å². The summed E-state index contributed by atoms with van der Waals surface area (Å²) in [6.45, 7) is 4.11. The molecular formula is C11H17NO. The molecule has 3 atom stereocenters. The van der Waals surface area contributed by atoms with Crippen LogP contribution >= 0.6 is 0 Å². The summed E-state index contributed by atoms with van der Waals surface area (Å²) < 4.78 is 5.88. The molecule has 2 heteroatoms. The van der Waals surface area contributed by atoms with Gasteiger partial charge < -0.3 is 10.1 Å². The molecule has 0 saturated carbocycles. The van der Waals surface area contributed by atoms with E-state index in [0.29, 0.717) is 18.1 Å². The summed E-state index contributed by atoms with van der Waals surface area (Å²) in [7, 11) is 0. The molecule has 13 heavy (non-hydrogen) atoms. The molecule has 1 heterocycles. The standard InChI is InChI=1S/C11H17NO/c1-9-7-12-8-11(13-9)10-5-3-2-4-6-10/h2-5,9-12H,6-8H2,1H3/t9-,10?,11-/m1/s1. The normalized spacial score (nSPS) is 39.3. The summed E-state index contributed by atoms with van der Waals surface area (Å²) in [5.41, 5.74) is 0. The molecule has 1 N–H and O–H groups in total. The van der Waals surface area contributed by atoms with Crippen LogP contribution in [-0.4, -0.2) is 25.3 Å². The minimum absolute atomic E-state index is 0.359. The highest BCUT2D eigenvalue weighted by molar-refractivity contribution is 5.12. The Morgan fingerprint density at radius 2 is 2.23 bits per heavy atom. The van der Waals surface area contributed by atoms with Crippen LogP contribution in [0.1, 0.15) is 13.3 Å². The van der Waals surface area contributed by atoms with Crippen molar-refractivity contribution in [2.75, 3.05) is 13.1 Å². The lowest BCUT2D eigenvalue weighted by molar-refractivity contribution is -0.0468. The Morgan fingerprint density at radius 1 is 1.31 bits per heavy atom. The van der Waals surface area contributed by atoms with Gasteiger partial charge in [0.15, 0.2) is 0 Å². The van der Waals surface area contributed by atoms with Gasteiger partial charge >= 0.3 is 0 Å². The van der Waals surface area contributed by atoms with Gasteiger partial charge in [0.1, 0.15) is 0 Å². The van der Waals surface area contributed by atoms with E-state index in [9.17, 15) is 0 Å². The molecule has 2 aliphatic rings. The van der Waals surface area contributed by atoms with E-state index >= 15 is 0 Å². The first-order valence-electron chi connectivity index (χ1n) is 5.06. The summed E-state index contributed by atoms with van der Waals surface area (Å²) in [6.07, 6.45) is 10.5. The fourth-order valence-electron chi connectivity index (χ4n) is 1.95. The largest absolute Gasteiger partial charge is 0.372 e. The van der Waals surface area contributed by atoms with E-state index in [-0.39, 0.29) is 0 Å². The Hall–Kier alpha value is -0.600. The summed E-state index contributed by atoms with van der Waals surface area (Å²) in [6, 6.07) is 0. The van der Waals surface area contributed by atoms with Crippen LogP contribution in [0.25, 0.3) is 0 Å². The highest BCUT2D eigenvalue weighted by Crippen LogP contribution is 2.20. The van der Waals surface area contributed by atoms with Gasteiger partial charge in [0, 0.05) is 19.0 Å². The van der Waals surface area contributed by atoms with Gasteiger partial charge in [-0.3, -0.25) is 0 Å². The van der Waals surface area contributed by atoms with Gasteiger partial charge in [0.2, 0.25) is 0 Å². The molecule has 1 saturated heterocycles. The van der Waals surface area contributed by atoms with Crippen molar-refractivity contribution in [1.82, 2.24) is 5.32 Å². The van der Waals surface area contributed by atoms with Crippen LogP contribution in [-0.2, 0) is 4.74 Å². The van der Waals surface area contributed by atoms with E-state index < -0.39 is 0 Å². The maximum Gasteiger partial charge on any atom is 0.0769 e. The Morgan fingerprint density at radius 3 is 2.92 bits per heavy atom. The molecular weight excluding hydrogens is 162 g/mol. The van der Waals surface area contributed by atoms with Crippen molar-refractivity contribution in [3.8, 4) is 0 Å². The second-order valence-electron chi connectivity index (χ2n) is 3.86. The van der Waals surface area contributed by atoms with Gasteiger partial charge in [-0.05, 0) is 13.3 Å². The first-order valence-corrected chi connectivity index (χ1v) is 5.06. The Balaban J connectivity index is 1.92. The predicted molar refractivity (Wildman–Crippen MR) is 53.6 cm³/mol. The molecule has 1 fully saturated rings. The van der Waals surface area contributed by atoms with Gasteiger partial charge in [-0.2, -0.15) is 0 Å². The zero-order chi connectivity index (χ0) is 9.10. The number of morpholine rings is 1. The molecule has 0 aromatic rings. The number of hydrogen-bond acceptors (Lipinski definition) is 2. The maximum atomic E-state index is 5.88. The molecule has 2 nitrogen and oxygen atoms in total. The summed E-state index contributed by atoms with van der Waals surface area (Å²) in [4.78, 5) is 0. The molecule has 1 unspecified atom stereocenters. The average Bonchev–Trinajstić information content (AvgIpc) is 2.19. The lowest BCUT2D eigenvalue weighted by atomic mass is 9.94. The first-order chi connectivity index (χ1) is 6.36. The fourth-order valence-corrected chi connectivity index (χ4v) is 1.95. The molecule has 0 bridgehead atoms. The van der Waals surface area contributed by atoms with Crippen molar-refractivity contribution in [3.05, 3.63) is 24.3 Å². The average molecular weight is 179 g/mol. The predicted octanol–water partition coefficient (Wildman–Crippen LogP) is 1.50. The molecule has 0 aromatic carbocycles. The lowest BCUT2D eigenvalue weighted by Crippen LogP contribution is -2.46. The van der Waals surface area contributed by atoms with Crippen molar-refractivity contribution >= 4 is 0 Å². The third-order valence-corrected chi connectivity index (χ3v) is 2.68. The highest BCUT2D eigenvalue weighted by atomic mass is 16.5. The summed E-state index contributed by atoms with van der Waals surface area (Å²) in [5.74, 6) is 0.570. The van der Waals surface area contributed by atoms with E-state index in [4.69, 9.17) is 4.74 Å². The maximum absolute atomic E-state index is 5.88. The smallest absolute Gasteiger partial charge is 0.0769 e. The van der Waals surface area contributed by atoms with Gasteiger partial charge in [-0.1, -0.05) is 24.3 Å². The van der Waals surface area contributed by atoms with Crippen molar-refractivity contribution in [2.45, 2.75) is 25.6 Å². The van der Waals surface area contributed by atoms with Gasteiger partial charge in [0.25, 0.3) is 0 Å². The summed E-state index contributed by atoms with van der Waals surface area (Å²) >= 11 is 0. The zero-order valence-electron chi connectivity index (χ0n) is 8.07. The second-order valence-corrected chi connectivity index (χ2v) is 3.86. The Kier molecular flexibility index (Phi) is 2.81. The monoisotopic (exact) mass is 179 g/mol. The number of hydrogen-bond donors (Lipinski definition) is 1. The minimum atomic E-state index is 0.359. The van der Waals surface area contributed by atoms with E-state index in [1.807, 2.05) is 0 Å². The van der Waals surface area contributed by atoms with Crippen molar-refractivity contribution in [2.24, 2.45) is 5.92 Å². The zero-order valence-corrected chi connectivity index (χ0v) is 8.07. The lowest BCUT2D eigenvalue weighted by Gasteiger charge is -2.33. The van der Waals surface area contributed by atoms with Crippen LogP contribution in [0.3, 0.4) is 0 Å². The minimum Gasteiger partial charge on any atom is -0.372 e. The summed E-state index contributed by atoms with van der Waals surface area (Å²) in [5, 5.41) is 3.40. The van der Waals surface area contributed by atoms with E-state index in [0.717, 1.165) is 19.5 Å². The molecule has 0 spiro atoms. The van der Waals surface area contributed by atoms with Crippen LogP contribution in [0.15, 0.2) is 24.3 Å². The van der Waals surface area contributed by atoms with Crippen LogP contribution in [0.2, 0.25) is 0 Å². The highest BCUT2D eigenvalue weighted by Gasteiger charge is 2.25. The molecule has 1 aliphatic heterocycles. The van der Waals surface area contributed by atoms with E-state index in [1.54, 1.807) is 0 Å². The van der Waals surface area contributed by atoms with E-state index in [2.05, 4.69) is 36.5 Å². The second kappa shape index (κ2) is 4.07. The fraction of sp³-hybridized carbons (Fsp3) is 0.636. The number of nitrogens with one attached hydrogen (secondary N) is 1. The third kappa shape index (κ3) is 2.20. The van der Waals surface area contributed by atoms with Crippen LogP contribution in [0.4, 0.5) is 0 Å². The Labute approximate surface area is 79.7 Å². The molecule has 0 aromatic heterocycles. The SMILES string of the molecule is C[C@@H]1CNC[C@H](C2C=CC=CC2)O1.